The Morgan fingerprint density at radius 2 is 1.47 bits per heavy atom. The van der Waals surface area contributed by atoms with Crippen molar-refractivity contribution in [2.45, 2.75) is 6.92 Å². The zero-order valence-corrected chi connectivity index (χ0v) is 8.81. The first kappa shape index (κ1) is 18.9. The Hall–Kier alpha value is -1.84. The van der Waals surface area contributed by atoms with Crippen LogP contribution in [0.25, 0.3) is 31.9 Å². The molecule has 0 aliphatic rings. The van der Waals surface area contributed by atoms with Crippen LogP contribution in [0.3, 0.4) is 0 Å². The molecule has 1 aromatic carbocycles. The van der Waals surface area contributed by atoms with Gasteiger partial charge in [0.25, 0.3) is 0 Å². The third-order valence-electron chi connectivity index (χ3n) is 1.04. The molecule has 0 aliphatic carbocycles. The van der Waals surface area contributed by atoms with Gasteiger partial charge in [-0.15, -0.1) is 0 Å². The quantitative estimate of drug-likeness (QED) is 0.245. The van der Waals surface area contributed by atoms with Gasteiger partial charge in [-0.05, 0) is 24.6 Å². The number of nitrogen functional groups attached to an aromatic ring is 1. The van der Waals surface area contributed by atoms with Crippen molar-refractivity contribution in [1.82, 2.24) is 0 Å². The van der Waals surface area contributed by atoms with E-state index in [1.54, 1.807) is 0 Å². The van der Waals surface area contributed by atoms with Gasteiger partial charge in [0, 0.05) is 5.69 Å². The van der Waals surface area contributed by atoms with Gasteiger partial charge in [0.1, 0.15) is 0 Å². The Labute approximate surface area is 97.6 Å². The van der Waals surface area contributed by atoms with Gasteiger partial charge in [0.05, 0.1) is 0 Å². The van der Waals surface area contributed by atoms with Gasteiger partial charge in [-0.1, -0.05) is 12.1 Å². The molecule has 15 heavy (non-hydrogen) atoms. The predicted octanol–water partition coefficient (Wildman–Crippen LogP) is 3.31. The van der Waals surface area contributed by atoms with Crippen molar-refractivity contribution in [2.75, 3.05) is 5.73 Å². The summed E-state index contributed by atoms with van der Waals surface area (Å²) in [5, 5.41) is 0. The second kappa shape index (κ2) is 14.7. The van der Waals surface area contributed by atoms with Crippen LogP contribution in [-0.2, 0) is 17.1 Å². The molecule has 0 bridgehead atoms. The SMILES string of the molecule is Cc1cccc(N)c1.[Cu+2].[N-]=[N+]=[N-].[N-]=[N+]=[N-]. The summed E-state index contributed by atoms with van der Waals surface area (Å²) in [6, 6.07) is 7.80. The molecule has 2 N–H and O–H groups in total. The number of anilines is 1. The van der Waals surface area contributed by atoms with Gasteiger partial charge in [-0.2, -0.15) is 0 Å². The predicted molar refractivity (Wildman–Crippen MR) is 55.7 cm³/mol. The van der Waals surface area contributed by atoms with Gasteiger partial charge >= 0.3 is 17.1 Å². The van der Waals surface area contributed by atoms with E-state index in [1.165, 1.54) is 15.4 Å². The number of nitrogens with two attached hydrogens (primary N) is 1. The van der Waals surface area contributed by atoms with Crippen LogP contribution in [0.2, 0.25) is 0 Å². The second-order valence-electron chi connectivity index (χ2n) is 2.09. The van der Waals surface area contributed by atoms with Gasteiger partial charge in [0.2, 0.25) is 0 Å². The molecule has 1 rings (SSSR count). The summed E-state index contributed by atoms with van der Waals surface area (Å²) in [5.41, 5.74) is 34.5. The molecule has 0 saturated heterocycles. The summed E-state index contributed by atoms with van der Waals surface area (Å²) in [4.78, 5) is 3.00. The largest absolute Gasteiger partial charge is 2.00 e. The molecule has 0 fully saturated rings. The molecule has 1 aromatic rings. The average molecular weight is 255 g/mol. The summed E-state index contributed by atoms with van der Waals surface area (Å²) in [6.45, 7) is 2.02. The van der Waals surface area contributed by atoms with Crippen molar-refractivity contribution in [3.8, 4) is 0 Å². The molecule has 0 unspecified atom stereocenters. The molecule has 0 aromatic heterocycles. The number of hydrogen-bond acceptors (Lipinski definition) is 1. The Kier molecular flexibility index (Phi) is 18.4. The third-order valence-corrected chi connectivity index (χ3v) is 1.04. The molecule has 8 heteroatoms. The first-order chi connectivity index (χ1) is 6.62. The maximum atomic E-state index is 6.75. The molecule has 83 valence electrons. The number of benzene rings is 1. The number of aryl methyl sites for hydroxylation is 1. The Balaban J connectivity index is -0.000000177. The van der Waals surface area contributed by atoms with Crippen molar-refractivity contribution in [3.05, 3.63) is 61.8 Å². The van der Waals surface area contributed by atoms with Gasteiger partial charge in [0.15, 0.2) is 0 Å². The Morgan fingerprint density at radius 1 is 1.07 bits per heavy atom. The maximum Gasteiger partial charge on any atom is 2.00 e. The molecule has 1 radical (unpaired) electrons. The topological polar surface area (TPSA) is 143 Å². The fourth-order valence-electron chi connectivity index (χ4n) is 0.670. The number of nitrogens with zero attached hydrogens (tertiary/aromatic N) is 6. The van der Waals surface area contributed by atoms with Crippen molar-refractivity contribution >= 4 is 5.69 Å². The molecule has 0 saturated carbocycles. The molecule has 0 heterocycles. The van der Waals surface area contributed by atoms with Crippen molar-refractivity contribution in [3.63, 3.8) is 0 Å². The minimum absolute atomic E-state index is 0. The normalized spacial score (nSPS) is 5.93. The van der Waals surface area contributed by atoms with Crippen molar-refractivity contribution in [1.29, 1.82) is 0 Å². The van der Waals surface area contributed by atoms with Crippen LogP contribution in [0, 0.1) is 6.92 Å². The second-order valence-corrected chi connectivity index (χ2v) is 2.09. The van der Waals surface area contributed by atoms with E-state index >= 15 is 0 Å². The van der Waals surface area contributed by atoms with E-state index < -0.39 is 0 Å². The summed E-state index contributed by atoms with van der Waals surface area (Å²) in [5.74, 6) is 0. The van der Waals surface area contributed by atoms with Gasteiger partial charge < -0.3 is 27.9 Å². The van der Waals surface area contributed by atoms with Crippen LogP contribution in [-0.4, -0.2) is 0 Å². The van der Waals surface area contributed by atoms with Crippen molar-refractivity contribution < 1.29 is 17.1 Å². The molecular weight excluding hydrogens is 246 g/mol. The Bertz CT molecular complexity index is 297. The van der Waals surface area contributed by atoms with E-state index in [0.29, 0.717) is 0 Å². The van der Waals surface area contributed by atoms with Crippen LogP contribution < -0.4 is 5.73 Å². The first-order valence-corrected chi connectivity index (χ1v) is 3.41. The fraction of sp³-hybridized carbons (Fsp3) is 0.143. The molecule has 0 spiro atoms. The monoisotopic (exact) mass is 254 g/mol. The minimum Gasteiger partial charge on any atom is -0.399 e. The van der Waals surface area contributed by atoms with Crippen LogP contribution in [0.5, 0.6) is 0 Å². The van der Waals surface area contributed by atoms with Crippen molar-refractivity contribution in [2.24, 2.45) is 0 Å². The Morgan fingerprint density at radius 3 is 1.67 bits per heavy atom. The third kappa shape index (κ3) is 18.9. The zero-order valence-electron chi connectivity index (χ0n) is 7.87. The van der Waals surface area contributed by atoms with E-state index in [-0.39, 0.29) is 17.1 Å². The van der Waals surface area contributed by atoms with E-state index in [0.717, 1.165) is 5.69 Å². The average Bonchev–Trinajstić information content (AvgIpc) is 2.06. The van der Waals surface area contributed by atoms with Gasteiger partial charge in [-0.3, -0.25) is 9.82 Å². The van der Waals surface area contributed by atoms with Gasteiger partial charge in [-0.25, -0.2) is 0 Å². The summed E-state index contributed by atoms with van der Waals surface area (Å²) in [6.07, 6.45) is 0. The first-order valence-electron chi connectivity index (χ1n) is 3.41. The summed E-state index contributed by atoms with van der Waals surface area (Å²) in [7, 11) is 0. The molecule has 7 nitrogen and oxygen atoms in total. The molecule has 0 aliphatic heterocycles. The number of hydrogen-bond donors (Lipinski definition) is 1. The van der Waals surface area contributed by atoms with E-state index in [4.69, 9.17) is 27.9 Å². The van der Waals surface area contributed by atoms with E-state index in [2.05, 4.69) is 0 Å². The van der Waals surface area contributed by atoms with Crippen LogP contribution >= 0.6 is 0 Å². The summed E-state index contributed by atoms with van der Waals surface area (Å²) < 4.78 is 0. The smallest absolute Gasteiger partial charge is 0.399 e. The fourth-order valence-corrected chi connectivity index (χ4v) is 0.670. The van der Waals surface area contributed by atoms with Crippen LogP contribution in [0.1, 0.15) is 5.56 Å². The molecule has 0 amide bonds. The maximum absolute atomic E-state index is 6.75. The van der Waals surface area contributed by atoms with E-state index in [1.807, 2.05) is 31.2 Å². The zero-order chi connectivity index (χ0) is 11.4. The van der Waals surface area contributed by atoms with E-state index in [9.17, 15) is 0 Å². The van der Waals surface area contributed by atoms with Crippen LogP contribution in [0.15, 0.2) is 24.3 Å². The van der Waals surface area contributed by atoms with Crippen LogP contribution in [0.4, 0.5) is 5.69 Å². The molecular formula is C7H9CuN7. The molecule has 0 atom stereocenters. The standard InChI is InChI=1S/C7H9N.Cu.2N3/c1-6-3-2-4-7(8)5-6;;2*1-3-2/h2-5H,8H2,1H3;;;/q;+2;2*-1. The number of rotatable bonds is 0. The summed E-state index contributed by atoms with van der Waals surface area (Å²) >= 11 is 0. The minimum atomic E-state index is 0.